The van der Waals surface area contributed by atoms with Crippen LogP contribution >= 0.6 is 7.82 Å². The molecule has 0 aliphatic heterocycles. The van der Waals surface area contributed by atoms with Crippen LogP contribution in [-0.4, -0.2) is 49.3 Å². The molecule has 0 heterocycles. The van der Waals surface area contributed by atoms with E-state index in [0.717, 1.165) is 96.3 Å². The number of phosphoric ester groups is 1. The fourth-order valence-electron chi connectivity index (χ4n) is 5.95. The zero-order valence-corrected chi connectivity index (χ0v) is 37.6. The van der Waals surface area contributed by atoms with E-state index in [1.165, 1.54) is 57.8 Å². The molecule has 0 rings (SSSR count). The SMILES string of the molecule is CC/C=C\C/C=C\C/C=C\C/C=C\C/C=C\CCCCCCCCCC(=O)OC(COC(=O)CCCCCCC/C=C\CCCCCCC)COP(=O)(O)OCCN. The van der Waals surface area contributed by atoms with Crippen LogP contribution in [0.1, 0.15) is 187 Å². The van der Waals surface area contributed by atoms with Crippen LogP contribution < -0.4 is 5.73 Å². The van der Waals surface area contributed by atoms with E-state index < -0.39 is 32.5 Å². The number of hydrogen-bond donors (Lipinski definition) is 2. The smallest absolute Gasteiger partial charge is 0.462 e. The van der Waals surface area contributed by atoms with Crippen molar-refractivity contribution in [1.29, 1.82) is 0 Å². The average molecular weight is 834 g/mol. The highest BCUT2D eigenvalue weighted by Gasteiger charge is 2.26. The Kier molecular flexibility index (Phi) is 42.1. The molecule has 58 heavy (non-hydrogen) atoms. The second-order valence-corrected chi connectivity index (χ2v) is 16.3. The highest BCUT2D eigenvalue weighted by Crippen LogP contribution is 2.43. The zero-order chi connectivity index (χ0) is 42.5. The van der Waals surface area contributed by atoms with Gasteiger partial charge in [-0.15, -0.1) is 0 Å². The Balaban J connectivity index is 4.15. The van der Waals surface area contributed by atoms with Gasteiger partial charge in [-0.1, -0.05) is 164 Å². The molecular formula is C48H84NO8P. The molecule has 3 N–H and O–H groups in total. The summed E-state index contributed by atoms with van der Waals surface area (Å²) in [5, 5.41) is 0. The van der Waals surface area contributed by atoms with Crippen LogP contribution in [0.15, 0.2) is 72.9 Å². The molecule has 0 aromatic carbocycles. The van der Waals surface area contributed by atoms with E-state index in [2.05, 4.69) is 86.8 Å². The highest BCUT2D eigenvalue weighted by atomic mass is 31.2. The van der Waals surface area contributed by atoms with Gasteiger partial charge >= 0.3 is 19.8 Å². The summed E-state index contributed by atoms with van der Waals surface area (Å²) in [5.74, 6) is -0.855. The molecule has 10 heteroatoms. The number of hydrogen-bond acceptors (Lipinski definition) is 8. The number of allylic oxidation sites excluding steroid dienone is 12. The number of phosphoric acid groups is 1. The summed E-state index contributed by atoms with van der Waals surface area (Å²) in [6, 6.07) is 0. The van der Waals surface area contributed by atoms with E-state index in [0.29, 0.717) is 6.42 Å². The molecule has 0 radical (unpaired) electrons. The van der Waals surface area contributed by atoms with Crippen molar-refractivity contribution in [3.05, 3.63) is 72.9 Å². The Bertz CT molecular complexity index is 1180. The van der Waals surface area contributed by atoms with Crippen LogP contribution in [0.2, 0.25) is 0 Å². The zero-order valence-electron chi connectivity index (χ0n) is 36.8. The lowest BCUT2D eigenvalue weighted by molar-refractivity contribution is -0.161. The van der Waals surface area contributed by atoms with Gasteiger partial charge in [0.2, 0.25) is 0 Å². The van der Waals surface area contributed by atoms with Gasteiger partial charge in [0.1, 0.15) is 6.61 Å². The summed E-state index contributed by atoms with van der Waals surface area (Å²) < 4.78 is 32.8. The van der Waals surface area contributed by atoms with Crippen molar-refractivity contribution in [2.24, 2.45) is 5.73 Å². The predicted octanol–water partition coefficient (Wildman–Crippen LogP) is 13.4. The van der Waals surface area contributed by atoms with Crippen molar-refractivity contribution >= 4 is 19.8 Å². The lowest BCUT2D eigenvalue weighted by atomic mass is 10.1. The third kappa shape index (κ3) is 43.0. The Morgan fingerprint density at radius 2 is 0.948 bits per heavy atom. The van der Waals surface area contributed by atoms with E-state index in [-0.39, 0.29) is 32.6 Å². The van der Waals surface area contributed by atoms with E-state index in [1.54, 1.807) is 0 Å². The van der Waals surface area contributed by atoms with Gasteiger partial charge in [-0.25, -0.2) is 4.57 Å². The van der Waals surface area contributed by atoms with Crippen LogP contribution in [0.4, 0.5) is 0 Å². The molecule has 0 aliphatic rings. The Morgan fingerprint density at radius 1 is 0.534 bits per heavy atom. The summed E-state index contributed by atoms with van der Waals surface area (Å²) in [6.07, 6.45) is 53.6. The van der Waals surface area contributed by atoms with Gasteiger partial charge in [-0.2, -0.15) is 0 Å². The van der Waals surface area contributed by atoms with E-state index in [9.17, 15) is 19.0 Å². The number of carbonyl (C=O) groups excluding carboxylic acids is 2. The third-order valence-electron chi connectivity index (χ3n) is 9.33. The second-order valence-electron chi connectivity index (χ2n) is 14.9. The number of carbonyl (C=O) groups is 2. The number of unbranched alkanes of at least 4 members (excludes halogenated alkanes) is 17. The standard InChI is InChI=1S/C48H84NO8P/c1-3-5-7-9-11-13-15-17-19-20-21-22-23-24-25-26-27-29-31-33-35-37-39-41-48(51)57-46(45-56-58(52,53)55-43-42-49)44-54-47(50)40-38-36-34-32-30-28-18-16-14-12-10-8-6-4-2/h5,7,11,13,16-19,21-22,24-25,46H,3-4,6,8-10,12,14-15,20,23,26-45,49H2,1-2H3,(H,52,53)/b7-5-,13-11-,18-16-,19-17-,22-21-,25-24-. The maximum Gasteiger partial charge on any atom is 0.472 e. The van der Waals surface area contributed by atoms with Gasteiger partial charge in [-0.05, 0) is 83.5 Å². The average Bonchev–Trinajstić information content (AvgIpc) is 3.21. The molecule has 0 aromatic heterocycles. The van der Waals surface area contributed by atoms with Gasteiger partial charge in [0.25, 0.3) is 0 Å². The topological polar surface area (TPSA) is 134 Å². The van der Waals surface area contributed by atoms with Crippen LogP contribution in [0.5, 0.6) is 0 Å². The largest absolute Gasteiger partial charge is 0.472 e. The molecule has 0 amide bonds. The summed E-state index contributed by atoms with van der Waals surface area (Å²) in [6.45, 7) is 3.58. The first-order valence-corrected chi connectivity index (χ1v) is 24.4. The molecule has 0 saturated heterocycles. The van der Waals surface area contributed by atoms with Crippen LogP contribution in [-0.2, 0) is 32.7 Å². The summed E-state index contributed by atoms with van der Waals surface area (Å²) >= 11 is 0. The molecule has 0 fully saturated rings. The summed E-state index contributed by atoms with van der Waals surface area (Å²) in [7, 11) is -4.39. The minimum atomic E-state index is -4.39. The van der Waals surface area contributed by atoms with Gasteiger partial charge in [0.05, 0.1) is 13.2 Å². The second kappa shape index (κ2) is 44.0. The van der Waals surface area contributed by atoms with Crippen LogP contribution in [0.3, 0.4) is 0 Å². The van der Waals surface area contributed by atoms with Gasteiger partial charge in [0, 0.05) is 19.4 Å². The first kappa shape index (κ1) is 55.5. The van der Waals surface area contributed by atoms with Crippen LogP contribution in [0.25, 0.3) is 0 Å². The molecule has 2 unspecified atom stereocenters. The predicted molar refractivity (Wildman–Crippen MR) is 242 cm³/mol. The van der Waals surface area contributed by atoms with Gasteiger partial charge < -0.3 is 20.1 Å². The molecular weight excluding hydrogens is 750 g/mol. The minimum Gasteiger partial charge on any atom is -0.462 e. The Labute approximate surface area is 354 Å². The van der Waals surface area contributed by atoms with Crippen molar-refractivity contribution in [2.45, 2.75) is 193 Å². The lowest BCUT2D eigenvalue weighted by Crippen LogP contribution is -2.29. The van der Waals surface area contributed by atoms with Crippen LogP contribution in [0, 0.1) is 0 Å². The number of esters is 2. The van der Waals surface area contributed by atoms with Crippen molar-refractivity contribution in [2.75, 3.05) is 26.4 Å². The highest BCUT2D eigenvalue weighted by molar-refractivity contribution is 7.47. The molecule has 0 saturated carbocycles. The monoisotopic (exact) mass is 834 g/mol. The van der Waals surface area contributed by atoms with Crippen molar-refractivity contribution in [3.8, 4) is 0 Å². The molecule has 0 aliphatic carbocycles. The van der Waals surface area contributed by atoms with E-state index in [4.69, 9.17) is 24.3 Å². The molecule has 0 spiro atoms. The molecule has 2 atom stereocenters. The Hall–Kier alpha value is -2.55. The quantitative estimate of drug-likeness (QED) is 0.0267. The van der Waals surface area contributed by atoms with E-state index >= 15 is 0 Å². The van der Waals surface area contributed by atoms with Gasteiger partial charge in [-0.3, -0.25) is 18.6 Å². The third-order valence-corrected chi connectivity index (χ3v) is 10.3. The first-order chi connectivity index (χ1) is 28.3. The Morgan fingerprint density at radius 3 is 1.43 bits per heavy atom. The van der Waals surface area contributed by atoms with Crippen molar-refractivity contribution < 1.29 is 37.6 Å². The summed E-state index contributed by atoms with van der Waals surface area (Å²) in [5.41, 5.74) is 5.35. The first-order valence-electron chi connectivity index (χ1n) is 22.9. The van der Waals surface area contributed by atoms with Gasteiger partial charge in [0.15, 0.2) is 6.10 Å². The number of rotatable bonds is 42. The fourth-order valence-corrected chi connectivity index (χ4v) is 6.71. The maximum absolute atomic E-state index is 12.6. The number of nitrogens with two attached hydrogens (primary N) is 1. The van der Waals surface area contributed by atoms with Crippen molar-refractivity contribution in [3.63, 3.8) is 0 Å². The summed E-state index contributed by atoms with van der Waals surface area (Å²) in [4.78, 5) is 34.9. The molecule has 0 bridgehead atoms. The molecule has 9 nitrogen and oxygen atoms in total. The normalized spacial score (nSPS) is 13.9. The minimum absolute atomic E-state index is 0.0470. The van der Waals surface area contributed by atoms with E-state index in [1.807, 2.05) is 0 Å². The maximum atomic E-state index is 12.6. The van der Waals surface area contributed by atoms with Crippen molar-refractivity contribution in [1.82, 2.24) is 0 Å². The number of ether oxygens (including phenoxy) is 2. The molecule has 0 aromatic rings. The molecule has 334 valence electrons. The fraction of sp³-hybridized carbons (Fsp3) is 0.708. The lowest BCUT2D eigenvalue weighted by Gasteiger charge is -2.19.